The smallest absolute Gasteiger partial charge is 0.161 e. The van der Waals surface area contributed by atoms with Gasteiger partial charge in [-0.25, -0.2) is 4.39 Å². The predicted octanol–water partition coefficient (Wildman–Crippen LogP) is 3.67. The van der Waals surface area contributed by atoms with Crippen LogP contribution in [0.15, 0.2) is 36.4 Å². The van der Waals surface area contributed by atoms with Gasteiger partial charge >= 0.3 is 0 Å². The summed E-state index contributed by atoms with van der Waals surface area (Å²) in [5.74, 6) is 1.15. The van der Waals surface area contributed by atoms with Crippen molar-refractivity contribution in [2.75, 3.05) is 13.2 Å². The molecule has 2 aromatic carbocycles. The molecule has 0 bridgehead atoms. The molecular formula is C17H18FNO2. The first-order valence-corrected chi connectivity index (χ1v) is 7.10. The second-order valence-corrected chi connectivity index (χ2v) is 5.23. The zero-order valence-electron chi connectivity index (χ0n) is 11.9. The Morgan fingerprint density at radius 1 is 1.05 bits per heavy atom. The van der Waals surface area contributed by atoms with Gasteiger partial charge in [-0.15, -0.1) is 0 Å². The number of nitrogens with two attached hydrogens (primary N) is 1. The molecule has 0 saturated heterocycles. The van der Waals surface area contributed by atoms with Gasteiger partial charge in [-0.05, 0) is 47.9 Å². The minimum Gasteiger partial charge on any atom is -0.490 e. The van der Waals surface area contributed by atoms with Crippen LogP contribution in [0.25, 0.3) is 11.1 Å². The van der Waals surface area contributed by atoms with E-state index < -0.39 is 0 Å². The predicted molar refractivity (Wildman–Crippen MR) is 80.0 cm³/mol. The van der Waals surface area contributed by atoms with Crippen molar-refractivity contribution >= 4 is 0 Å². The molecule has 1 aliphatic heterocycles. The molecule has 2 N–H and O–H groups in total. The first-order valence-electron chi connectivity index (χ1n) is 7.10. The molecule has 1 aliphatic rings. The van der Waals surface area contributed by atoms with Crippen molar-refractivity contribution in [1.29, 1.82) is 0 Å². The van der Waals surface area contributed by atoms with Gasteiger partial charge in [0.15, 0.2) is 11.5 Å². The van der Waals surface area contributed by atoms with Gasteiger partial charge < -0.3 is 15.2 Å². The Kier molecular flexibility index (Phi) is 3.80. The molecule has 0 saturated carbocycles. The van der Waals surface area contributed by atoms with Crippen LogP contribution in [0.5, 0.6) is 11.5 Å². The van der Waals surface area contributed by atoms with Gasteiger partial charge in [0, 0.05) is 12.5 Å². The summed E-state index contributed by atoms with van der Waals surface area (Å²) in [6.07, 6.45) is 0.856. The van der Waals surface area contributed by atoms with Crippen LogP contribution in [-0.4, -0.2) is 13.2 Å². The molecule has 0 radical (unpaired) electrons. The lowest BCUT2D eigenvalue weighted by molar-refractivity contribution is 0.297. The lowest BCUT2D eigenvalue weighted by Crippen LogP contribution is -2.07. The molecule has 110 valence electrons. The van der Waals surface area contributed by atoms with E-state index in [1.165, 1.54) is 12.1 Å². The zero-order valence-corrected chi connectivity index (χ0v) is 11.9. The van der Waals surface area contributed by atoms with Crippen molar-refractivity contribution in [1.82, 2.24) is 0 Å². The highest BCUT2D eigenvalue weighted by atomic mass is 19.1. The molecule has 0 amide bonds. The molecule has 3 rings (SSSR count). The molecule has 2 aromatic rings. The van der Waals surface area contributed by atoms with Crippen molar-refractivity contribution in [3.63, 3.8) is 0 Å². The van der Waals surface area contributed by atoms with Crippen LogP contribution in [0.2, 0.25) is 0 Å². The van der Waals surface area contributed by atoms with Crippen LogP contribution < -0.4 is 15.2 Å². The molecular weight excluding hydrogens is 269 g/mol. The van der Waals surface area contributed by atoms with E-state index in [9.17, 15) is 4.39 Å². The third kappa shape index (κ3) is 2.85. The van der Waals surface area contributed by atoms with Gasteiger partial charge in [-0.2, -0.15) is 0 Å². The fraction of sp³-hybridized carbons (Fsp3) is 0.294. The Hall–Kier alpha value is -2.07. The highest BCUT2D eigenvalue weighted by molar-refractivity contribution is 5.71. The van der Waals surface area contributed by atoms with E-state index in [1.54, 1.807) is 6.07 Å². The first-order chi connectivity index (χ1) is 10.1. The van der Waals surface area contributed by atoms with Gasteiger partial charge in [0.1, 0.15) is 5.82 Å². The summed E-state index contributed by atoms with van der Waals surface area (Å²) in [5.41, 5.74) is 8.57. The Morgan fingerprint density at radius 2 is 1.81 bits per heavy atom. The van der Waals surface area contributed by atoms with E-state index in [0.29, 0.717) is 19.0 Å². The fourth-order valence-corrected chi connectivity index (χ4v) is 2.51. The van der Waals surface area contributed by atoms with Gasteiger partial charge in [0.2, 0.25) is 0 Å². The quantitative estimate of drug-likeness (QED) is 0.916. The number of benzene rings is 2. The van der Waals surface area contributed by atoms with Crippen LogP contribution in [0, 0.1) is 5.82 Å². The second-order valence-electron chi connectivity index (χ2n) is 5.23. The number of fused-ring (bicyclic) bond motifs is 1. The topological polar surface area (TPSA) is 44.5 Å². The highest BCUT2D eigenvalue weighted by Gasteiger charge is 2.15. The monoisotopic (exact) mass is 287 g/mol. The summed E-state index contributed by atoms with van der Waals surface area (Å²) in [7, 11) is 0. The Labute approximate surface area is 123 Å². The Morgan fingerprint density at radius 3 is 2.57 bits per heavy atom. The summed E-state index contributed by atoms with van der Waals surface area (Å²) in [6, 6.07) is 10.2. The molecule has 0 aromatic heterocycles. The Balaban J connectivity index is 2.08. The van der Waals surface area contributed by atoms with Gasteiger partial charge in [-0.1, -0.05) is 12.1 Å². The molecule has 4 heteroatoms. The molecule has 0 fully saturated rings. The molecule has 1 unspecified atom stereocenters. The molecule has 0 spiro atoms. The van der Waals surface area contributed by atoms with E-state index in [1.807, 2.05) is 25.1 Å². The first kappa shape index (κ1) is 13.9. The number of hydrogen-bond acceptors (Lipinski definition) is 3. The van der Waals surface area contributed by atoms with Gasteiger partial charge in [0.05, 0.1) is 13.2 Å². The van der Waals surface area contributed by atoms with Crippen molar-refractivity contribution < 1.29 is 13.9 Å². The summed E-state index contributed by atoms with van der Waals surface area (Å²) >= 11 is 0. The van der Waals surface area contributed by atoms with E-state index in [2.05, 4.69) is 0 Å². The number of halogens is 1. The van der Waals surface area contributed by atoms with Crippen LogP contribution in [0.4, 0.5) is 4.39 Å². The Bertz CT molecular complexity index is 655. The summed E-state index contributed by atoms with van der Waals surface area (Å²) < 4.78 is 24.9. The van der Waals surface area contributed by atoms with Gasteiger partial charge in [0.25, 0.3) is 0 Å². The highest BCUT2D eigenvalue weighted by Crippen LogP contribution is 2.36. The number of ether oxygens (including phenoxy) is 2. The van der Waals surface area contributed by atoms with E-state index >= 15 is 0 Å². The third-order valence-electron chi connectivity index (χ3n) is 3.56. The van der Waals surface area contributed by atoms with Gasteiger partial charge in [-0.3, -0.25) is 0 Å². The maximum absolute atomic E-state index is 13.6. The van der Waals surface area contributed by atoms with E-state index in [0.717, 1.165) is 28.9 Å². The van der Waals surface area contributed by atoms with E-state index in [-0.39, 0.29) is 11.9 Å². The molecule has 3 nitrogen and oxygen atoms in total. The van der Waals surface area contributed by atoms with Crippen molar-refractivity contribution in [3.05, 3.63) is 47.8 Å². The standard InChI is InChI=1S/C17H18FNO2/c1-11(19)14-5-4-13(18)10-15(14)12-3-6-16-17(9-12)21-8-2-7-20-16/h3-6,9-11H,2,7-8,19H2,1H3. The summed E-state index contributed by atoms with van der Waals surface area (Å²) in [4.78, 5) is 0. The van der Waals surface area contributed by atoms with Crippen LogP contribution in [0.3, 0.4) is 0 Å². The third-order valence-corrected chi connectivity index (χ3v) is 3.56. The lowest BCUT2D eigenvalue weighted by Gasteiger charge is -2.15. The second kappa shape index (κ2) is 5.74. The normalized spacial score (nSPS) is 15.4. The van der Waals surface area contributed by atoms with Crippen molar-refractivity contribution in [2.24, 2.45) is 5.73 Å². The lowest BCUT2D eigenvalue weighted by atomic mass is 9.95. The van der Waals surface area contributed by atoms with Crippen LogP contribution in [0.1, 0.15) is 24.9 Å². The maximum Gasteiger partial charge on any atom is 0.161 e. The van der Waals surface area contributed by atoms with Crippen LogP contribution in [-0.2, 0) is 0 Å². The van der Waals surface area contributed by atoms with E-state index in [4.69, 9.17) is 15.2 Å². The maximum atomic E-state index is 13.6. The summed E-state index contributed by atoms with van der Waals surface area (Å²) in [5, 5.41) is 0. The number of rotatable bonds is 2. The molecule has 21 heavy (non-hydrogen) atoms. The zero-order chi connectivity index (χ0) is 14.8. The average Bonchev–Trinajstić information content (AvgIpc) is 2.71. The minimum atomic E-state index is -0.276. The van der Waals surface area contributed by atoms with Crippen LogP contribution >= 0.6 is 0 Å². The largest absolute Gasteiger partial charge is 0.490 e. The number of hydrogen-bond donors (Lipinski definition) is 1. The summed E-state index contributed by atoms with van der Waals surface area (Å²) in [6.45, 7) is 3.16. The van der Waals surface area contributed by atoms with Crippen molar-refractivity contribution in [3.8, 4) is 22.6 Å². The minimum absolute atomic E-state index is 0.170. The molecule has 1 heterocycles. The molecule has 1 atom stereocenters. The fourth-order valence-electron chi connectivity index (χ4n) is 2.51. The average molecular weight is 287 g/mol. The molecule has 0 aliphatic carbocycles. The van der Waals surface area contributed by atoms with Crippen molar-refractivity contribution in [2.45, 2.75) is 19.4 Å². The SMILES string of the molecule is CC(N)c1ccc(F)cc1-c1ccc2c(c1)OCCCO2.